The number of esters is 1. The first-order chi connectivity index (χ1) is 11.3. The van der Waals surface area contributed by atoms with Gasteiger partial charge in [-0.05, 0) is 32.4 Å². The number of carbonyl (C=O) groups excluding carboxylic acids is 2. The summed E-state index contributed by atoms with van der Waals surface area (Å²) < 4.78 is 10.2. The van der Waals surface area contributed by atoms with Crippen molar-refractivity contribution in [2.45, 2.75) is 31.8 Å². The first-order valence-electron chi connectivity index (χ1n) is 7.65. The van der Waals surface area contributed by atoms with Gasteiger partial charge < -0.3 is 14.4 Å². The summed E-state index contributed by atoms with van der Waals surface area (Å²) >= 11 is 5.46. The number of fused-ring (bicyclic) bond motifs is 2. The molecule has 1 fully saturated rings. The van der Waals surface area contributed by atoms with E-state index in [0.29, 0.717) is 24.3 Å². The second-order valence-corrected chi connectivity index (χ2v) is 7.21. The average molecular weight is 351 g/mol. The van der Waals surface area contributed by atoms with E-state index >= 15 is 0 Å². The van der Waals surface area contributed by atoms with Crippen LogP contribution in [-0.4, -0.2) is 47.9 Å². The van der Waals surface area contributed by atoms with Crippen LogP contribution in [0, 0.1) is 0 Å². The van der Waals surface area contributed by atoms with Crippen molar-refractivity contribution in [2.75, 3.05) is 19.2 Å². The van der Waals surface area contributed by atoms with Gasteiger partial charge in [-0.3, -0.25) is 4.99 Å². The van der Waals surface area contributed by atoms with E-state index in [2.05, 4.69) is 4.99 Å². The van der Waals surface area contributed by atoms with Crippen molar-refractivity contribution < 1.29 is 19.1 Å². The molecule has 0 radical (unpaired) electrons. The van der Waals surface area contributed by atoms with Crippen LogP contribution in [0.5, 0.6) is 0 Å². The maximum Gasteiger partial charge on any atom is 0.410 e. The highest BCUT2D eigenvalue weighted by Gasteiger charge is 2.50. The summed E-state index contributed by atoms with van der Waals surface area (Å²) in [6.45, 7) is 6.46. The fourth-order valence-corrected chi connectivity index (χ4v) is 3.08. The van der Waals surface area contributed by atoms with Crippen LogP contribution in [0.3, 0.4) is 0 Å². The molecule has 0 aromatic heterocycles. The molecule has 1 saturated heterocycles. The van der Waals surface area contributed by atoms with Crippen LogP contribution in [-0.2, 0) is 14.9 Å². The monoisotopic (exact) mass is 350 g/mol. The van der Waals surface area contributed by atoms with Crippen molar-refractivity contribution >= 4 is 35.6 Å². The number of nitrogens with zero attached hydrogens (tertiary/aromatic N) is 2. The molecular formula is C17H19ClN2O4. The van der Waals surface area contributed by atoms with E-state index in [1.165, 1.54) is 0 Å². The molecule has 1 aromatic carbocycles. The van der Waals surface area contributed by atoms with Gasteiger partial charge in [-0.25, -0.2) is 9.59 Å². The second-order valence-electron chi connectivity index (χ2n) is 6.99. The average Bonchev–Trinajstić information content (AvgIpc) is 2.83. The van der Waals surface area contributed by atoms with Gasteiger partial charge in [0.05, 0.1) is 16.7 Å². The maximum absolute atomic E-state index is 12.1. The normalized spacial score (nSPS) is 17.4. The number of halogens is 1. The number of likely N-dealkylation sites (tertiary alicyclic amines) is 1. The van der Waals surface area contributed by atoms with Crippen molar-refractivity contribution in [2.24, 2.45) is 4.99 Å². The van der Waals surface area contributed by atoms with Gasteiger partial charge in [-0.15, -0.1) is 0 Å². The Bertz CT molecular complexity index is 718. The zero-order valence-corrected chi connectivity index (χ0v) is 14.6. The van der Waals surface area contributed by atoms with Crippen molar-refractivity contribution in [1.29, 1.82) is 0 Å². The molecule has 0 unspecified atom stereocenters. The molecule has 1 amide bonds. The molecule has 128 valence electrons. The summed E-state index contributed by atoms with van der Waals surface area (Å²) in [5.41, 5.74) is 1.02. The van der Waals surface area contributed by atoms with Crippen molar-refractivity contribution in [1.82, 2.24) is 4.90 Å². The van der Waals surface area contributed by atoms with Crippen LogP contribution in [0.4, 0.5) is 10.5 Å². The first-order valence-corrected chi connectivity index (χ1v) is 8.19. The molecule has 2 heterocycles. The standard InChI is InChI=1S/C17H19ClN2O4/c1-16(2,3)24-15(22)20-8-17(9-20)7-19-13-11(14(21)23-10-18)5-4-6-12(13)17/h4-7H,8-10H2,1-3H3. The highest BCUT2D eigenvalue weighted by Crippen LogP contribution is 2.45. The van der Waals surface area contributed by atoms with Crippen LogP contribution in [0.2, 0.25) is 0 Å². The topological polar surface area (TPSA) is 68.2 Å². The van der Waals surface area contributed by atoms with Gasteiger partial charge >= 0.3 is 12.1 Å². The predicted molar refractivity (Wildman–Crippen MR) is 90.2 cm³/mol. The van der Waals surface area contributed by atoms with Gasteiger partial charge in [-0.1, -0.05) is 23.7 Å². The van der Waals surface area contributed by atoms with Crippen LogP contribution < -0.4 is 0 Å². The Morgan fingerprint density at radius 3 is 2.67 bits per heavy atom. The third-order valence-corrected chi connectivity index (χ3v) is 4.13. The van der Waals surface area contributed by atoms with Gasteiger partial charge in [0, 0.05) is 19.3 Å². The minimum Gasteiger partial charge on any atom is -0.446 e. The largest absolute Gasteiger partial charge is 0.446 e. The van der Waals surface area contributed by atoms with E-state index in [-0.39, 0.29) is 17.6 Å². The van der Waals surface area contributed by atoms with Gasteiger partial charge in [0.25, 0.3) is 0 Å². The molecule has 0 aliphatic carbocycles. The molecule has 0 saturated carbocycles. The molecule has 7 heteroatoms. The van der Waals surface area contributed by atoms with E-state index in [4.69, 9.17) is 21.1 Å². The molecule has 1 spiro atoms. The Morgan fingerprint density at radius 2 is 2.04 bits per heavy atom. The molecule has 6 nitrogen and oxygen atoms in total. The summed E-state index contributed by atoms with van der Waals surface area (Å²) in [6.07, 6.45) is 1.46. The summed E-state index contributed by atoms with van der Waals surface area (Å²) in [4.78, 5) is 30.1. The van der Waals surface area contributed by atoms with Crippen LogP contribution >= 0.6 is 11.6 Å². The Balaban J connectivity index is 1.78. The summed E-state index contributed by atoms with van der Waals surface area (Å²) in [6, 6.07) is 5.17. The molecular weight excluding hydrogens is 332 g/mol. The SMILES string of the molecule is CC(C)(C)OC(=O)N1CC2(C=Nc3c(C(=O)OCCl)cccc32)C1. The van der Waals surface area contributed by atoms with E-state index in [9.17, 15) is 9.59 Å². The third-order valence-electron chi connectivity index (χ3n) is 4.02. The van der Waals surface area contributed by atoms with Gasteiger partial charge in [0.2, 0.25) is 0 Å². The molecule has 0 atom stereocenters. The Hall–Kier alpha value is -2.08. The number of carbonyl (C=O) groups is 2. The van der Waals surface area contributed by atoms with Crippen molar-refractivity contribution in [3.05, 3.63) is 29.3 Å². The number of rotatable bonds is 2. The minimum atomic E-state index is -0.528. The van der Waals surface area contributed by atoms with Gasteiger partial charge in [0.1, 0.15) is 5.60 Å². The number of alkyl halides is 1. The van der Waals surface area contributed by atoms with E-state index in [0.717, 1.165) is 5.56 Å². The first kappa shape index (κ1) is 16.8. The number of hydrogen-bond donors (Lipinski definition) is 0. The summed E-state index contributed by atoms with van der Waals surface area (Å²) in [5, 5.41) is 0. The number of para-hydroxylation sites is 1. The predicted octanol–water partition coefficient (Wildman–Crippen LogP) is 3.24. The lowest BCUT2D eigenvalue weighted by Crippen LogP contribution is -2.62. The molecule has 2 aliphatic heterocycles. The Kier molecular flexibility index (Phi) is 4.03. The van der Waals surface area contributed by atoms with Gasteiger partial charge in [0.15, 0.2) is 6.07 Å². The Labute approximate surface area is 145 Å². The molecule has 0 bridgehead atoms. The quantitative estimate of drug-likeness (QED) is 0.606. The second kappa shape index (κ2) is 5.77. The molecule has 24 heavy (non-hydrogen) atoms. The lowest BCUT2D eigenvalue weighted by Gasteiger charge is -2.46. The summed E-state index contributed by atoms with van der Waals surface area (Å²) in [7, 11) is 0. The van der Waals surface area contributed by atoms with Gasteiger partial charge in [-0.2, -0.15) is 0 Å². The lowest BCUT2D eigenvalue weighted by molar-refractivity contribution is 0.00222. The highest BCUT2D eigenvalue weighted by molar-refractivity contribution is 6.18. The fourth-order valence-electron chi connectivity index (χ4n) is 2.98. The van der Waals surface area contributed by atoms with Crippen LogP contribution in [0.25, 0.3) is 0 Å². The van der Waals surface area contributed by atoms with Crippen LogP contribution in [0.1, 0.15) is 36.7 Å². The minimum absolute atomic E-state index is 0.205. The Morgan fingerprint density at radius 1 is 1.33 bits per heavy atom. The number of amides is 1. The van der Waals surface area contributed by atoms with E-state index in [1.54, 1.807) is 23.2 Å². The highest BCUT2D eigenvalue weighted by atomic mass is 35.5. The van der Waals surface area contributed by atoms with Crippen molar-refractivity contribution in [3.63, 3.8) is 0 Å². The molecule has 3 rings (SSSR count). The molecule has 0 N–H and O–H groups in total. The zero-order valence-electron chi connectivity index (χ0n) is 13.8. The number of hydrogen-bond acceptors (Lipinski definition) is 5. The van der Waals surface area contributed by atoms with Crippen molar-refractivity contribution in [3.8, 4) is 0 Å². The lowest BCUT2D eigenvalue weighted by atomic mass is 9.75. The summed E-state index contributed by atoms with van der Waals surface area (Å²) in [5.74, 6) is -0.501. The smallest absolute Gasteiger partial charge is 0.410 e. The van der Waals surface area contributed by atoms with E-state index in [1.807, 2.05) is 26.8 Å². The molecule has 2 aliphatic rings. The fraction of sp³-hybridized carbons (Fsp3) is 0.471. The maximum atomic E-state index is 12.1. The third kappa shape index (κ3) is 2.86. The number of aliphatic imine (C=N–C) groups is 1. The van der Waals surface area contributed by atoms with E-state index < -0.39 is 11.6 Å². The number of benzene rings is 1. The van der Waals surface area contributed by atoms with Crippen LogP contribution in [0.15, 0.2) is 23.2 Å². The molecule has 1 aromatic rings. The zero-order chi connectivity index (χ0) is 17.5. The number of ether oxygens (including phenoxy) is 2.